The predicted molar refractivity (Wildman–Crippen MR) is 120 cm³/mol. The monoisotopic (exact) mass is 422 g/mol. The second kappa shape index (κ2) is 10.6. The van der Waals surface area contributed by atoms with Crippen LogP contribution in [0.5, 0.6) is 5.75 Å². The fraction of sp³-hybridized carbons (Fsp3) is 0.261. The van der Waals surface area contributed by atoms with Crippen LogP contribution in [0.4, 0.5) is 0 Å². The third kappa shape index (κ3) is 5.51. The van der Waals surface area contributed by atoms with Crippen LogP contribution >= 0.6 is 11.8 Å². The lowest BCUT2D eigenvalue weighted by atomic mass is 10.1. The molecule has 0 aliphatic carbocycles. The van der Waals surface area contributed by atoms with Gasteiger partial charge in [-0.2, -0.15) is 0 Å². The van der Waals surface area contributed by atoms with Gasteiger partial charge in [0.05, 0.1) is 11.9 Å². The highest BCUT2D eigenvalue weighted by Gasteiger charge is 2.21. The number of amides is 1. The molecular formula is C23H26N4O2S. The zero-order valence-corrected chi connectivity index (χ0v) is 18.1. The summed E-state index contributed by atoms with van der Waals surface area (Å²) in [5, 5.41) is 12.0. The Morgan fingerprint density at radius 2 is 1.93 bits per heavy atom. The van der Waals surface area contributed by atoms with Crippen LogP contribution in [0, 0.1) is 0 Å². The number of rotatable bonds is 10. The van der Waals surface area contributed by atoms with Crippen LogP contribution in [-0.4, -0.2) is 39.1 Å². The molecule has 3 aromatic rings. The fourth-order valence-electron chi connectivity index (χ4n) is 2.92. The van der Waals surface area contributed by atoms with Crippen molar-refractivity contribution in [3.8, 4) is 11.4 Å². The quantitative estimate of drug-likeness (QED) is 0.394. The van der Waals surface area contributed by atoms with Gasteiger partial charge in [-0.1, -0.05) is 48.2 Å². The summed E-state index contributed by atoms with van der Waals surface area (Å²) in [6.07, 6.45) is 2.30. The van der Waals surface area contributed by atoms with Crippen LogP contribution in [0.3, 0.4) is 0 Å². The largest absolute Gasteiger partial charge is 0.494 e. The highest BCUT2D eigenvalue weighted by Crippen LogP contribution is 2.27. The summed E-state index contributed by atoms with van der Waals surface area (Å²) in [7, 11) is 0. The minimum absolute atomic E-state index is 0.0641. The Labute approximate surface area is 181 Å². The van der Waals surface area contributed by atoms with Gasteiger partial charge in [-0.3, -0.25) is 9.36 Å². The molecule has 0 saturated carbocycles. The van der Waals surface area contributed by atoms with Gasteiger partial charge in [0, 0.05) is 18.7 Å². The van der Waals surface area contributed by atoms with Crippen LogP contribution < -0.4 is 10.1 Å². The Bertz CT molecular complexity index is 971. The molecule has 1 unspecified atom stereocenters. The molecule has 0 aliphatic heterocycles. The Balaban J connectivity index is 1.91. The molecule has 1 atom stereocenters. The third-order valence-electron chi connectivity index (χ3n) is 4.38. The van der Waals surface area contributed by atoms with Gasteiger partial charge in [-0.15, -0.1) is 16.8 Å². The maximum atomic E-state index is 12.3. The van der Waals surface area contributed by atoms with Gasteiger partial charge in [0.15, 0.2) is 5.16 Å². The van der Waals surface area contributed by atoms with Crippen LogP contribution in [-0.2, 0) is 11.2 Å². The lowest BCUT2D eigenvalue weighted by molar-refractivity contribution is -0.120. The minimum Gasteiger partial charge on any atom is -0.494 e. The number of hydrogen-bond donors (Lipinski definition) is 1. The van der Waals surface area contributed by atoms with Crippen molar-refractivity contribution in [1.82, 2.24) is 20.1 Å². The van der Waals surface area contributed by atoms with E-state index >= 15 is 0 Å². The number of benzene rings is 2. The highest BCUT2D eigenvalue weighted by molar-refractivity contribution is 8.00. The Morgan fingerprint density at radius 3 is 2.60 bits per heavy atom. The van der Waals surface area contributed by atoms with Crippen molar-refractivity contribution < 1.29 is 9.53 Å². The molecule has 30 heavy (non-hydrogen) atoms. The molecule has 2 aromatic carbocycles. The van der Waals surface area contributed by atoms with E-state index in [1.165, 1.54) is 11.8 Å². The molecule has 7 heteroatoms. The van der Waals surface area contributed by atoms with Crippen molar-refractivity contribution in [1.29, 1.82) is 0 Å². The van der Waals surface area contributed by atoms with Crippen LogP contribution in [0.15, 0.2) is 72.4 Å². The molecule has 3 rings (SSSR count). The second-order valence-electron chi connectivity index (χ2n) is 6.62. The molecule has 0 spiro atoms. The maximum absolute atomic E-state index is 12.3. The van der Waals surface area contributed by atoms with E-state index in [2.05, 4.69) is 34.2 Å². The van der Waals surface area contributed by atoms with E-state index in [-0.39, 0.29) is 11.2 Å². The van der Waals surface area contributed by atoms with E-state index in [0.717, 1.165) is 22.8 Å². The molecule has 0 aliphatic rings. The topological polar surface area (TPSA) is 69.0 Å². The second-order valence-corrected chi connectivity index (χ2v) is 7.93. The summed E-state index contributed by atoms with van der Waals surface area (Å²) in [4.78, 5) is 12.3. The first-order valence-electron chi connectivity index (χ1n) is 9.89. The van der Waals surface area contributed by atoms with E-state index < -0.39 is 0 Å². The van der Waals surface area contributed by atoms with Crippen LogP contribution in [0.25, 0.3) is 5.69 Å². The van der Waals surface area contributed by atoms with Gasteiger partial charge in [0.25, 0.3) is 0 Å². The van der Waals surface area contributed by atoms with Gasteiger partial charge in [-0.25, -0.2) is 0 Å². The molecule has 1 aromatic heterocycles. The number of hydrogen-bond acceptors (Lipinski definition) is 5. The minimum atomic E-state index is -0.319. The zero-order valence-electron chi connectivity index (χ0n) is 17.2. The molecule has 0 saturated heterocycles. The molecule has 1 heterocycles. The fourth-order valence-corrected chi connectivity index (χ4v) is 3.83. The first-order valence-corrected chi connectivity index (χ1v) is 10.8. The van der Waals surface area contributed by atoms with Crippen molar-refractivity contribution in [2.45, 2.75) is 30.7 Å². The van der Waals surface area contributed by atoms with E-state index in [9.17, 15) is 4.79 Å². The van der Waals surface area contributed by atoms with Crippen LogP contribution in [0.1, 0.15) is 25.2 Å². The molecule has 1 N–H and O–H groups in total. The van der Waals surface area contributed by atoms with Crippen molar-refractivity contribution in [2.24, 2.45) is 0 Å². The number of ether oxygens (including phenoxy) is 1. The number of carbonyl (C=O) groups excluding carboxylic acids is 1. The average molecular weight is 423 g/mol. The SMILES string of the molecule is C=CCNC(=O)C(C)Sc1nnc(Cc2ccccc2)n1-c1ccc(OCC)cc1. The van der Waals surface area contributed by atoms with E-state index in [1.54, 1.807) is 6.08 Å². The highest BCUT2D eigenvalue weighted by atomic mass is 32.2. The van der Waals surface area contributed by atoms with Crippen molar-refractivity contribution >= 4 is 17.7 Å². The van der Waals surface area contributed by atoms with Crippen LogP contribution in [0.2, 0.25) is 0 Å². The van der Waals surface area contributed by atoms with Gasteiger partial charge >= 0.3 is 0 Å². The molecule has 156 valence electrons. The van der Waals surface area contributed by atoms with Crippen molar-refractivity contribution in [3.05, 3.63) is 78.6 Å². The van der Waals surface area contributed by atoms with Crippen molar-refractivity contribution in [2.75, 3.05) is 13.2 Å². The third-order valence-corrected chi connectivity index (χ3v) is 5.43. The first kappa shape index (κ1) is 21.6. The summed E-state index contributed by atoms with van der Waals surface area (Å²) in [5.41, 5.74) is 2.07. The Kier molecular flexibility index (Phi) is 7.68. The van der Waals surface area contributed by atoms with Gasteiger partial charge in [0.2, 0.25) is 5.91 Å². The standard InChI is InChI=1S/C23H26N4O2S/c1-4-15-24-22(28)17(3)30-23-26-25-21(16-18-9-7-6-8-10-18)27(23)19-11-13-20(14-12-19)29-5-2/h4,6-14,17H,1,5,15-16H2,2-3H3,(H,24,28). The molecule has 0 bridgehead atoms. The predicted octanol–water partition coefficient (Wildman–Crippen LogP) is 4.04. The number of nitrogens with one attached hydrogen (secondary N) is 1. The van der Waals surface area contributed by atoms with E-state index in [0.29, 0.717) is 24.7 Å². The van der Waals surface area contributed by atoms with E-state index in [4.69, 9.17) is 4.74 Å². The summed E-state index contributed by atoms with van der Waals surface area (Å²) in [6, 6.07) is 18.0. The Morgan fingerprint density at radius 1 is 1.20 bits per heavy atom. The molecular weight excluding hydrogens is 396 g/mol. The number of aromatic nitrogens is 3. The summed E-state index contributed by atoms with van der Waals surface area (Å²) >= 11 is 1.38. The van der Waals surface area contributed by atoms with Gasteiger partial charge in [-0.05, 0) is 43.7 Å². The molecule has 1 amide bonds. The number of thioether (sulfide) groups is 1. The summed E-state index contributed by atoms with van der Waals surface area (Å²) in [5.74, 6) is 1.56. The lowest BCUT2D eigenvalue weighted by Crippen LogP contribution is -2.31. The molecule has 0 radical (unpaired) electrons. The maximum Gasteiger partial charge on any atom is 0.233 e. The van der Waals surface area contributed by atoms with Crippen molar-refractivity contribution in [3.63, 3.8) is 0 Å². The smallest absolute Gasteiger partial charge is 0.233 e. The number of carbonyl (C=O) groups is 1. The average Bonchev–Trinajstić information content (AvgIpc) is 3.15. The number of nitrogens with zero attached hydrogens (tertiary/aromatic N) is 3. The molecule has 0 fully saturated rings. The zero-order chi connectivity index (χ0) is 21.3. The van der Waals surface area contributed by atoms with Gasteiger partial charge < -0.3 is 10.1 Å². The summed E-state index contributed by atoms with van der Waals surface area (Å²) in [6.45, 7) is 8.50. The first-order chi connectivity index (χ1) is 14.6. The Hall–Kier alpha value is -3.06. The van der Waals surface area contributed by atoms with E-state index in [1.807, 2.05) is 60.9 Å². The van der Waals surface area contributed by atoms with Gasteiger partial charge in [0.1, 0.15) is 11.6 Å². The summed E-state index contributed by atoms with van der Waals surface area (Å²) < 4.78 is 7.57. The normalized spacial score (nSPS) is 11.7. The lowest BCUT2D eigenvalue weighted by Gasteiger charge is -2.14. The molecule has 6 nitrogen and oxygen atoms in total.